The Labute approximate surface area is 151 Å². The lowest BCUT2D eigenvalue weighted by Crippen LogP contribution is -2.36. The Balaban J connectivity index is 1.59. The maximum absolute atomic E-state index is 12.5. The van der Waals surface area contributed by atoms with Crippen molar-refractivity contribution in [2.24, 2.45) is 0 Å². The molecule has 0 amide bonds. The molecule has 134 valence electrons. The van der Waals surface area contributed by atoms with E-state index in [2.05, 4.69) is 12.1 Å². The van der Waals surface area contributed by atoms with Gasteiger partial charge in [-0.1, -0.05) is 36.4 Å². The number of ether oxygens (including phenoxy) is 2. The standard InChI is InChI=1S/C21H21NO4/c23-18-15-20(22-10-13-24-14-11-22)26-21-17(18)7-4-8-19(21)25-12-9-16-5-2-1-3-6-16/h1-8,15H,9-14H2. The van der Waals surface area contributed by atoms with Crippen LogP contribution in [-0.2, 0) is 11.2 Å². The van der Waals surface area contributed by atoms with E-state index in [1.165, 1.54) is 5.56 Å². The van der Waals surface area contributed by atoms with Crippen molar-refractivity contribution in [2.75, 3.05) is 37.8 Å². The number of rotatable bonds is 5. The number of para-hydroxylation sites is 1. The van der Waals surface area contributed by atoms with E-state index in [0.29, 0.717) is 55.5 Å². The minimum Gasteiger partial charge on any atom is -0.489 e. The highest BCUT2D eigenvalue weighted by atomic mass is 16.5. The average Bonchev–Trinajstić information content (AvgIpc) is 2.70. The highest BCUT2D eigenvalue weighted by Crippen LogP contribution is 2.28. The summed E-state index contributed by atoms with van der Waals surface area (Å²) in [6, 6.07) is 17.2. The largest absolute Gasteiger partial charge is 0.489 e. The first kappa shape index (κ1) is 16.7. The molecule has 1 fully saturated rings. The first-order chi connectivity index (χ1) is 12.8. The summed E-state index contributed by atoms with van der Waals surface area (Å²) in [5.74, 6) is 1.18. The molecule has 0 unspecified atom stereocenters. The molecular formula is C21H21NO4. The Morgan fingerprint density at radius 1 is 1.00 bits per heavy atom. The fourth-order valence-electron chi connectivity index (χ4n) is 3.12. The van der Waals surface area contributed by atoms with Crippen LogP contribution in [0.25, 0.3) is 11.0 Å². The lowest BCUT2D eigenvalue weighted by Gasteiger charge is -2.27. The highest BCUT2D eigenvalue weighted by molar-refractivity contribution is 5.83. The van der Waals surface area contributed by atoms with E-state index in [-0.39, 0.29) is 5.43 Å². The van der Waals surface area contributed by atoms with E-state index in [1.54, 1.807) is 12.1 Å². The van der Waals surface area contributed by atoms with Crippen LogP contribution in [-0.4, -0.2) is 32.9 Å². The van der Waals surface area contributed by atoms with Crippen LogP contribution in [0, 0.1) is 0 Å². The van der Waals surface area contributed by atoms with Gasteiger partial charge in [-0.15, -0.1) is 0 Å². The number of hydrogen-bond donors (Lipinski definition) is 0. The predicted molar refractivity (Wildman–Crippen MR) is 101 cm³/mol. The molecule has 5 heteroatoms. The van der Waals surface area contributed by atoms with Crippen molar-refractivity contribution in [2.45, 2.75) is 6.42 Å². The Kier molecular flexibility index (Phi) is 4.88. The topological polar surface area (TPSA) is 51.9 Å². The molecule has 2 heterocycles. The van der Waals surface area contributed by atoms with Crippen LogP contribution in [0.2, 0.25) is 0 Å². The molecule has 0 aliphatic carbocycles. The van der Waals surface area contributed by atoms with Crippen molar-refractivity contribution < 1.29 is 13.9 Å². The van der Waals surface area contributed by atoms with E-state index in [1.807, 2.05) is 35.2 Å². The van der Waals surface area contributed by atoms with E-state index >= 15 is 0 Å². The molecule has 1 aliphatic rings. The summed E-state index contributed by atoms with van der Waals surface area (Å²) in [5.41, 5.74) is 1.67. The number of nitrogens with zero attached hydrogens (tertiary/aromatic N) is 1. The van der Waals surface area contributed by atoms with Crippen molar-refractivity contribution >= 4 is 16.9 Å². The number of morpholine rings is 1. The van der Waals surface area contributed by atoms with Crippen LogP contribution < -0.4 is 15.1 Å². The quantitative estimate of drug-likeness (QED) is 0.706. The first-order valence-corrected chi connectivity index (χ1v) is 8.87. The van der Waals surface area contributed by atoms with Crippen LogP contribution in [0.4, 0.5) is 5.88 Å². The second-order valence-electron chi connectivity index (χ2n) is 6.27. The predicted octanol–water partition coefficient (Wildman–Crippen LogP) is 3.25. The third kappa shape index (κ3) is 3.58. The van der Waals surface area contributed by atoms with Gasteiger partial charge in [0.15, 0.2) is 22.6 Å². The Hall–Kier alpha value is -2.79. The summed E-state index contributed by atoms with van der Waals surface area (Å²) in [7, 11) is 0. The maximum Gasteiger partial charge on any atom is 0.200 e. The summed E-state index contributed by atoms with van der Waals surface area (Å²) in [6.07, 6.45) is 0.796. The molecule has 0 radical (unpaired) electrons. The van der Waals surface area contributed by atoms with Gasteiger partial charge < -0.3 is 18.8 Å². The molecule has 3 aromatic rings. The van der Waals surface area contributed by atoms with Gasteiger partial charge >= 0.3 is 0 Å². The minimum atomic E-state index is -0.0544. The molecule has 0 saturated carbocycles. The highest BCUT2D eigenvalue weighted by Gasteiger charge is 2.17. The lowest BCUT2D eigenvalue weighted by atomic mass is 10.2. The first-order valence-electron chi connectivity index (χ1n) is 8.87. The molecule has 0 bridgehead atoms. The van der Waals surface area contributed by atoms with Gasteiger partial charge in [0.25, 0.3) is 0 Å². The summed E-state index contributed by atoms with van der Waals surface area (Å²) < 4.78 is 17.4. The fourth-order valence-corrected chi connectivity index (χ4v) is 3.12. The second kappa shape index (κ2) is 7.62. The second-order valence-corrected chi connectivity index (χ2v) is 6.27. The van der Waals surface area contributed by atoms with Gasteiger partial charge in [0, 0.05) is 25.6 Å². The molecule has 1 aromatic heterocycles. The fraction of sp³-hybridized carbons (Fsp3) is 0.286. The Morgan fingerprint density at radius 2 is 1.81 bits per heavy atom. The summed E-state index contributed by atoms with van der Waals surface area (Å²) in [4.78, 5) is 14.5. The normalized spacial score (nSPS) is 14.5. The van der Waals surface area contributed by atoms with E-state index in [4.69, 9.17) is 13.9 Å². The van der Waals surface area contributed by atoms with Gasteiger partial charge in [-0.05, 0) is 17.7 Å². The van der Waals surface area contributed by atoms with E-state index in [9.17, 15) is 4.79 Å². The van der Waals surface area contributed by atoms with Crippen LogP contribution in [0.1, 0.15) is 5.56 Å². The molecule has 26 heavy (non-hydrogen) atoms. The van der Waals surface area contributed by atoms with Gasteiger partial charge in [-0.25, -0.2) is 0 Å². The van der Waals surface area contributed by atoms with Crippen molar-refractivity contribution in [1.82, 2.24) is 0 Å². The molecular weight excluding hydrogens is 330 g/mol. The Bertz CT molecular complexity index is 930. The van der Waals surface area contributed by atoms with Crippen LogP contribution in [0.5, 0.6) is 5.75 Å². The third-order valence-corrected chi connectivity index (χ3v) is 4.52. The maximum atomic E-state index is 12.5. The van der Waals surface area contributed by atoms with Gasteiger partial charge in [0.1, 0.15) is 0 Å². The van der Waals surface area contributed by atoms with Gasteiger partial charge in [-0.2, -0.15) is 0 Å². The van der Waals surface area contributed by atoms with Crippen molar-refractivity contribution in [3.63, 3.8) is 0 Å². The average molecular weight is 351 g/mol. The SMILES string of the molecule is O=c1cc(N2CCOCC2)oc2c(OCCc3ccccc3)cccc12. The third-order valence-electron chi connectivity index (χ3n) is 4.52. The van der Waals surface area contributed by atoms with Crippen LogP contribution >= 0.6 is 0 Å². The number of fused-ring (bicyclic) bond motifs is 1. The zero-order valence-corrected chi connectivity index (χ0v) is 14.5. The zero-order chi connectivity index (χ0) is 17.8. The van der Waals surface area contributed by atoms with Crippen molar-refractivity contribution in [3.05, 3.63) is 70.4 Å². The smallest absolute Gasteiger partial charge is 0.200 e. The molecule has 5 nitrogen and oxygen atoms in total. The van der Waals surface area contributed by atoms with Gasteiger partial charge in [0.2, 0.25) is 0 Å². The molecule has 0 spiro atoms. The number of hydrogen-bond acceptors (Lipinski definition) is 5. The molecule has 0 N–H and O–H groups in total. The van der Waals surface area contributed by atoms with Crippen LogP contribution in [0.15, 0.2) is 63.8 Å². The van der Waals surface area contributed by atoms with Crippen molar-refractivity contribution in [3.8, 4) is 5.75 Å². The lowest BCUT2D eigenvalue weighted by molar-refractivity contribution is 0.120. The molecule has 1 aliphatic heterocycles. The minimum absolute atomic E-state index is 0.0544. The molecule has 4 rings (SSSR count). The Morgan fingerprint density at radius 3 is 2.62 bits per heavy atom. The number of benzene rings is 2. The van der Waals surface area contributed by atoms with Crippen molar-refractivity contribution in [1.29, 1.82) is 0 Å². The van der Waals surface area contributed by atoms with Gasteiger partial charge in [-0.3, -0.25) is 4.79 Å². The van der Waals surface area contributed by atoms with Crippen LogP contribution in [0.3, 0.4) is 0 Å². The monoisotopic (exact) mass is 351 g/mol. The van der Waals surface area contributed by atoms with E-state index < -0.39 is 0 Å². The van der Waals surface area contributed by atoms with E-state index in [0.717, 1.165) is 6.42 Å². The van der Waals surface area contributed by atoms with Gasteiger partial charge in [0.05, 0.1) is 25.2 Å². The summed E-state index contributed by atoms with van der Waals surface area (Å²) in [5, 5.41) is 0.541. The zero-order valence-electron chi connectivity index (χ0n) is 14.5. The summed E-state index contributed by atoms with van der Waals surface area (Å²) >= 11 is 0. The molecule has 2 aromatic carbocycles. The molecule has 0 atom stereocenters. The molecule has 1 saturated heterocycles. The number of anilines is 1. The summed E-state index contributed by atoms with van der Waals surface area (Å²) in [6.45, 7) is 3.22.